The average molecular weight is 186 g/mol. The lowest BCUT2D eigenvalue weighted by atomic mass is 10.2. The fourth-order valence-corrected chi connectivity index (χ4v) is 1.27. The molecule has 0 aliphatic carbocycles. The topological polar surface area (TPSA) is 81.9 Å². The van der Waals surface area contributed by atoms with E-state index in [1.54, 1.807) is 24.4 Å². The molecule has 0 unspecified atom stereocenters. The minimum Gasteiger partial charge on any atom is -0.506 e. The van der Waals surface area contributed by atoms with Gasteiger partial charge in [-0.25, -0.2) is 0 Å². The number of phenols is 1. The SMILES string of the molecule is [N-]=[N+]=Nc1cc(O)c2ncccc2c1. The summed E-state index contributed by atoms with van der Waals surface area (Å²) in [5.41, 5.74) is 9.13. The van der Waals surface area contributed by atoms with Gasteiger partial charge in [-0.05, 0) is 23.7 Å². The summed E-state index contributed by atoms with van der Waals surface area (Å²) in [5.74, 6) is 0.0190. The van der Waals surface area contributed by atoms with Crippen molar-refractivity contribution < 1.29 is 5.11 Å². The lowest BCUT2D eigenvalue weighted by Gasteiger charge is -2.00. The molecule has 0 fully saturated rings. The van der Waals surface area contributed by atoms with Gasteiger partial charge in [-0.2, -0.15) is 0 Å². The van der Waals surface area contributed by atoms with E-state index in [9.17, 15) is 5.11 Å². The third kappa shape index (κ3) is 1.32. The molecule has 0 bridgehead atoms. The van der Waals surface area contributed by atoms with E-state index in [4.69, 9.17) is 5.53 Å². The van der Waals surface area contributed by atoms with Crippen LogP contribution in [0.3, 0.4) is 0 Å². The van der Waals surface area contributed by atoms with Crippen molar-refractivity contribution in [3.05, 3.63) is 40.9 Å². The number of pyridine rings is 1. The number of fused-ring (bicyclic) bond motifs is 1. The molecule has 5 nitrogen and oxygen atoms in total. The molecule has 0 saturated heterocycles. The zero-order valence-corrected chi connectivity index (χ0v) is 7.12. The van der Waals surface area contributed by atoms with E-state index in [0.717, 1.165) is 5.39 Å². The highest BCUT2D eigenvalue weighted by molar-refractivity contribution is 5.87. The fourth-order valence-electron chi connectivity index (χ4n) is 1.27. The van der Waals surface area contributed by atoms with E-state index in [1.807, 2.05) is 0 Å². The molecule has 0 saturated carbocycles. The summed E-state index contributed by atoms with van der Waals surface area (Å²) < 4.78 is 0. The van der Waals surface area contributed by atoms with Gasteiger partial charge in [0, 0.05) is 22.2 Å². The number of hydrogen-bond acceptors (Lipinski definition) is 3. The second-order valence-corrected chi connectivity index (χ2v) is 2.73. The number of rotatable bonds is 1. The van der Waals surface area contributed by atoms with Crippen LogP contribution in [0.2, 0.25) is 0 Å². The van der Waals surface area contributed by atoms with Gasteiger partial charge in [0.1, 0.15) is 11.3 Å². The van der Waals surface area contributed by atoms with Crippen LogP contribution in [0.25, 0.3) is 21.3 Å². The van der Waals surface area contributed by atoms with Crippen LogP contribution in [-0.4, -0.2) is 10.1 Å². The molecule has 0 aliphatic heterocycles. The number of benzene rings is 1. The summed E-state index contributed by atoms with van der Waals surface area (Å²) >= 11 is 0. The van der Waals surface area contributed by atoms with E-state index in [1.165, 1.54) is 6.07 Å². The maximum atomic E-state index is 9.53. The fraction of sp³-hybridized carbons (Fsp3) is 0. The molecule has 68 valence electrons. The molecule has 1 N–H and O–H groups in total. The van der Waals surface area contributed by atoms with Crippen molar-refractivity contribution in [2.75, 3.05) is 0 Å². The van der Waals surface area contributed by atoms with Crippen molar-refractivity contribution >= 4 is 16.6 Å². The van der Waals surface area contributed by atoms with Crippen LogP contribution in [0, 0.1) is 0 Å². The Morgan fingerprint density at radius 3 is 3.07 bits per heavy atom. The Hall–Kier alpha value is -2.26. The van der Waals surface area contributed by atoms with Crippen molar-refractivity contribution in [1.82, 2.24) is 4.98 Å². The van der Waals surface area contributed by atoms with Crippen molar-refractivity contribution in [1.29, 1.82) is 0 Å². The van der Waals surface area contributed by atoms with Crippen LogP contribution in [0.15, 0.2) is 35.6 Å². The molecule has 1 aromatic heterocycles. The minimum absolute atomic E-state index is 0.0190. The summed E-state index contributed by atoms with van der Waals surface area (Å²) in [7, 11) is 0. The van der Waals surface area contributed by atoms with Gasteiger partial charge in [0.15, 0.2) is 0 Å². The van der Waals surface area contributed by atoms with Gasteiger partial charge >= 0.3 is 0 Å². The Kier molecular flexibility index (Phi) is 1.93. The number of aromatic hydroxyl groups is 1. The molecular formula is C9H6N4O. The average Bonchev–Trinajstić information content (AvgIpc) is 2.18. The molecule has 5 heteroatoms. The quantitative estimate of drug-likeness (QED) is 0.422. The van der Waals surface area contributed by atoms with Gasteiger partial charge in [-0.3, -0.25) is 4.98 Å². The van der Waals surface area contributed by atoms with Crippen LogP contribution >= 0.6 is 0 Å². The van der Waals surface area contributed by atoms with Crippen LogP contribution < -0.4 is 0 Å². The van der Waals surface area contributed by atoms with Gasteiger partial charge in [-0.15, -0.1) is 0 Å². The molecule has 1 aromatic carbocycles. The van der Waals surface area contributed by atoms with Gasteiger partial charge < -0.3 is 5.11 Å². The van der Waals surface area contributed by atoms with Crippen LogP contribution in [-0.2, 0) is 0 Å². The van der Waals surface area contributed by atoms with Crippen molar-refractivity contribution in [3.63, 3.8) is 0 Å². The second-order valence-electron chi connectivity index (χ2n) is 2.73. The highest BCUT2D eigenvalue weighted by atomic mass is 16.3. The molecule has 0 amide bonds. The first kappa shape index (κ1) is 8.34. The summed E-state index contributed by atoms with van der Waals surface area (Å²) in [5, 5.41) is 13.7. The molecule has 2 aromatic rings. The van der Waals surface area contributed by atoms with E-state index in [-0.39, 0.29) is 5.75 Å². The first-order chi connectivity index (χ1) is 6.81. The van der Waals surface area contributed by atoms with Crippen molar-refractivity contribution in [2.24, 2.45) is 5.11 Å². The number of hydrogen-bond donors (Lipinski definition) is 1. The van der Waals surface area contributed by atoms with Gasteiger partial charge in [0.25, 0.3) is 0 Å². The molecule has 2 rings (SSSR count). The van der Waals surface area contributed by atoms with E-state index >= 15 is 0 Å². The van der Waals surface area contributed by atoms with Gasteiger partial charge in [0.05, 0.1) is 0 Å². The Bertz CT molecular complexity index is 531. The molecule has 0 atom stereocenters. The minimum atomic E-state index is 0.0190. The van der Waals surface area contributed by atoms with Crippen molar-refractivity contribution in [3.8, 4) is 5.75 Å². The number of aromatic nitrogens is 1. The predicted octanol–water partition coefficient (Wildman–Crippen LogP) is 2.88. The Morgan fingerprint density at radius 2 is 2.29 bits per heavy atom. The van der Waals surface area contributed by atoms with Crippen LogP contribution in [0.5, 0.6) is 5.75 Å². The highest BCUT2D eigenvalue weighted by Crippen LogP contribution is 2.28. The summed E-state index contributed by atoms with van der Waals surface area (Å²) in [6.45, 7) is 0. The zero-order chi connectivity index (χ0) is 9.97. The Balaban J connectivity index is 2.78. The zero-order valence-electron chi connectivity index (χ0n) is 7.12. The molecular weight excluding hydrogens is 180 g/mol. The lowest BCUT2D eigenvalue weighted by Crippen LogP contribution is -1.77. The summed E-state index contributed by atoms with van der Waals surface area (Å²) in [6, 6.07) is 6.59. The molecule has 0 radical (unpaired) electrons. The van der Waals surface area contributed by atoms with Crippen LogP contribution in [0.4, 0.5) is 5.69 Å². The summed E-state index contributed by atoms with van der Waals surface area (Å²) in [6.07, 6.45) is 1.59. The maximum Gasteiger partial charge on any atom is 0.142 e. The number of azide groups is 1. The lowest BCUT2D eigenvalue weighted by molar-refractivity contribution is 0.480. The smallest absolute Gasteiger partial charge is 0.142 e. The molecule has 1 heterocycles. The predicted molar refractivity (Wildman–Crippen MR) is 52.2 cm³/mol. The Labute approximate surface area is 79.3 Å². The monoisotopic (exact) mass is 186 g/mol. The van der Waals surface area contributed by atoms with Crippen molar-refractivity contribution in [2.45, 2.75) is 0 Å². The number of nitrogens with zero attached hydrogens (tertiary/aromatic N) is 4. The first-order valence-corrected chi connectivity index (χ1v) is 3.94. The third-order valence-electron chi connectivity index (χ3n) is 1.83. The third-order valence-corrected chi connectivity index (χ3v) is 1.83. The van der Waals surface area contributed by atoms with E-state index in [0.29, 0.717) is 11.2 Å². The van der Waals surface area contributed by atoms with E-state index in [2.05, 4.69) is 15.0 Å². The molecule has 0 aliphatic rings. The van der Waals surface area contributed by atoms with E-state index < -0.39 is 0 Å². The van der Waals surface area contributed by atoms with Crippen LogP contribution in [0.1, 0.15) is 0 Å². The molecule has 0 spiro atoms. The van der Waals surface area contributed by atoms with Gasteiger partial charge in [-0.1, -0.05) is 11.2 Å². The second kappa shape index (κ2) is 3.24. The number of phenolic OH excluding ortho intramolecular Hbond substituents is 1. The normalized spacial score (nSPS) is 9.71. The maximum absolute atomic E-state index is 9.53. The Morgan fingerprint density at radius 1 is 1.43 bits per heavy atom. The molecule has 14 heavy (non-hydrogen) atoms. The highest BCUT2D eigenvalue weighted by Gasteiger charge is 2.01. The first-order valence-electron chi connectivity index (χ1n) is 3.94. The van der Waals surface area contributed by atoms with Gasteiger partial charge in [0.2, 0.25) is 0 Å². The summed E-state index contributed by atoms with van der Waals surface area (Å²) in [4.78, 5) is 6.64. The largest absolute Gasteiger partial charge is 0.506 e. The standard InChI is InChI=1S/C9H6N4O/c10-13-12-7-4-6-2-1-3-11-9(6)8(14)5-7/h1-5,14H.